The van der Waals surface area contributed by atoms with Gasteiger partial charge in [-0.2, -0.15) is 0 Å². The van der Waals surface area contributed by atoms with E-state index >= 15 is 0 Å². The van der Waals surface area contributed by atoms with Crippen molar-refractivity contribution in [3.05, 3.63) is 0 Å². The summed E-state index contributed by atoms with van der Waals surface area (Å²) in [6.45, 7) is 3.12. The van der Waals surface area contributed by atoms with Gasteiger partial charge in [0, 0.05) is 20.8 Å². The molecule has 8 heteroatoms. The van der Waals surface area contributed by atoms with Crippen LogP contribution in [0.4, 0.5) is 0 Å². The second-order valence-corrected chi connectivity index (χ2v) is 4.50. The molecule has 1 saturated heterocycles. The van der Waals surface area contributed by atoms with Crippen LogP contribution in [-0.2, 0) is 33.3 Å². The van der Waals surface area contributed by atoms with E-state index in [1.807, 2.05) is 0 Å². The molecule has 0 aromatic heterocycles. The van der Waals surface area contributed by atoms with Crippen LogP contribution in [0.5, 0.6) is 0 Å². The lowest BCUT2D eigenvalue weighted by atomic mass is 9.89. The lowest BCUT2D eigenvalue weighted by Gasteiger charge is -2.29. The van der Waals surface area contributed by atoms with Gasteiger partial charge in [0.2, 0.25) is 5.60 Å². The summed E-state index contributed by atoms with van der Waals surface area (Å²) in [5, 5.41) is 0. The molecule has 4 unspecified atom stereocenters. The Labute approximate surface area is 123 Å². The van der Waals surface area contributed by atoms with E-state index in [-0.39, 0.29) is 6.61 Å². The highest BCUT2D eigenvalue weighted by Crippen LogP contribution is 2.34. The van der Waals surface area contributed by atoms with Crippen LogP contribution in [0, 0.1) is 12.3 Å². The minimum absolute atomic E-state index is 0.387. The van der Waals surface area contributed by atoms with Gasteiger partial charge in [-0.05, 0) is 0 Å². The van der Waals surface area contributed by atoms with E-state index in [0.29, 0.717) is 0 Å². The number of ether oxygens (including phenoxy) is 4. The highest BCUT2D eigenvalue weighted by Gasteiger charge is 2.57. The van der Waals surface area contributed by atoms with Crippen molar-refractivity contribution in [2.24, 2.45) is 0 Å². The minimum Gasteiger partial charge on any atom is -0.462 e. The SMILES string of the molecule is [B]C1OC(C#C)(COC(C)=O)C(OC(C)=O)C1OC(C)=O. The molecule has 0 amide bonds. The average Bonchev–Trinajstić information content (AvgIpc) is 2.61. The number of terminal acetylenes is 1. The van der Waals surface area contributed by atoms with Gasteiger partial charge in [0.05, 0.1) is 6.00 Å². The van der Waals surface area contributed by atoms with Gasteiger partial charge in [0.15, 0.2) is 12.2 Å². The maximum atomic E-state index is 11.2. The van der Waals surface area contributed by atoms with Crippen molar-refractivity contribution < 1.29 is 33.3 Å². The van der Waals surface area contributed by atoms with E-state index in [9.17, 15) is 14.4 Å². The van der Waals surface area contributed by atoms with E-state index in [4.69, 9.17) is 33.2 Å². The fourth-order valence-electron chi connectivity index (χ4n) is 1.96. The third kappa shape index (κ3) is 3.98. The first-order valence-electron chi connectivity index (χ1n) is 6.11. The lowest BCUT2D eigenvalue weighted by Crippen LogP contribution is -2.49. The smallest absolute Gasteiger partial charge is 0.303 e. The fraction of sp³-hybridized carbons (Fsp3) is 0.615. The molecule has 0 aliphatic carbocycles. The van der Waals surface area contributed by atoms with Crippen LogP contribution in [-0.4, -0.2) is 56.2 Å². The largest absolute Gasteiger partial charge is 0.462 e. The highest BCUT2D eigenvalue weighted by molar-refractivity contribution is 6.12. The van der Waals surface area contributed by atoms with Crippen LogP contribution in [0.15, 0.2) is 0 Å². The molecule has 0 aromatic carbocycles. The van der Waals surface area contributed by atoms with E-state index in [1.54, 1.807) is 0 Å². The normalized spacial score (nSPS) is 31.0. The van der Waals surface area contributed by atoms with E-state index in [2.05, 4.69) is 5.92 Å². The van der Waals surface area contributed by atoms with Crippen molar-refractivity contribution in [2.75, 3.05) is 6.61 Å². The third-order valence-corrected chi connectivity index (χ3v) is 2.76. The third-order valence-electron chi connectivity index (χ3n) is 2.76. The number of rotatable bonds is 4. The Kier molecular flexibility index (Phi) is 5.38. The van der Waals surface area contributed by atoms with Gasteiger partial charge in [0.1, 0.15) is 14.5 Å². The van der Waals surface area contributed by atoms with Crippen molar-refractivity contribution in [1.82, 2.24) is 0 Å². The zero-order valence-electron chi connectivity index (χ0n) is 12.0. The Morgan fingerprint density at radius 1 is 1.19 bits per heavy atom. The zero-order chi connectivity index (χ0) is 16.2. The number of esters is 3. The molecule has 0 bridgehead atoms. The van der Waals surface area contributed by atoms with Crippen molar-refractivity contribution in [1.29, 1.82) is 0 Å². The van der Waals surface area contributed by atoms with Crippen LogP contribution in [0.25, 0.3) is 0 Å². The van der Waals surface area contributed by atoms with Gasteiger partial charge >= 0.3 is 17.9 Å². The van der Waals surface area contributed by atoms with Crippen molar-refractivity contribution >= 4 is 25.8 Å². The molecule has 1 aliphatic heterocycles. The molecule has 21 heavy (non-hydrogen) atoms. The van der Waals surface area contributed by atoms with Gasteiger partial charge < -0.3 is 18.9 Å². The molecule has 2 radical (unpaired) electrons. The molecule has 0 N–H and O–H groups in total. The van der Waals surface area contributed by atoms with Crippen LogP contribution in [0.1, 0.15) is 20.8 Å². The Bertz CT molecular complexity index is 483. The minimum atomic E-state index is -1.61. The number of carbonyl (C=O) groups excluding carboxylic acids is 3. The molecular weight excluding hydrogens is 279 g/mol. The van der Waals surface area contributed by atoms with E-state index in [1.165, 1.54) is 13.8 Å². The van der Waals surface area contributed by atoms with Crippen LogP contribution in [0.2, 0.25) is 0 Å². The monoisotopic (exact) mass is 294 g/mol. The predicted molar refractivity (Wildman–Crippen MR) is 69.9 cm³/mol. The van der Waals surface area contributed by atoms with Gasteiger partial charge in [-0.15, -0.1) is 6.42 Å². The molecule has 0 saturated carbocycles. The maximum absolute atomic E-state index is 11.2. The molecular formula is C13H15BO7. The summed E-state index contributed by atoms with van der Waals surface area (Å²) >= 11 is 0. The number of hydrogen-bond donors (Lipinski definition) is 0. The molecule has 7 nitrogen and oxygen atoms in total. The summed E-state index contributed by atoms with van der Waals surface area (Å²) in [4.78, 5) is 33.3. The number of hydrogen-bond acceptors (Lipinski definition) is 7. The Morgan fingerprint density at radius 2 is 1.76 bits per heavy atom. The molecule has 1 aliphatic rings. The summed E-state index contributed by atoms with van der Waals surface area (Å²) < 4.78 is 20.3. The van der Waals surface area contributed by atoms with Crippen molar-refractivity contribution in [2.45, 2.75) is 44.6 Å². The van der Waals surface area contributed by atoms with Crippen molar-refractivity contribution in [3.8, 4) is 12.3 Å². The zero-order valence-corrected chi connectivity index (χ0v) is 12.0. The Morgan fingerprint density at radius 3 is 2.19 bits per heavy atom. The Hall–Kier alpha value is -2.01. The summed E-state index contributed by atoms with van der Waals surface area (Å²) in [7, 11) is 5.72. The van der Waals surface area contributed by atoms with Gasteiger partial charge in [-0.3, -0.25) is 14.4 Å². The van der Waals surface area contributed by atoms with Crippen LogP contribution >= 0.6 is 0 Å². The molecule has 4 atom stereocenters. The average molecular weight is 294 g/mol. The standard InChI is InChI=1S/C13H15BO7/c1-5-13(6-18-7(2)15)11(20-9(4)17)10(12(14)21-13)19-8(3)16/h1,10-12H,6H2,2-4H3. The molecule has 1 fully saturated rings. The predicted octanol–water partition coefficient (Wildman–Crippen LogP) is -0.690. The van der Waals surface area contributed by atoms with Gasteiger partial charge in [-0.25, -0.2) is 0 Å². The molecule has 112 valence electrons. The molecule has 1 heterocycles. The van der Waals surface area contributed by atoms with E-state index in [0.717, 1.165) is 6.92 Å². The van der Waals surface area contributed by atoms with Crippen molar-refractivity contribution in [3.63, 3.8) is 0 Å². The second-order valence-electron chi connectivity index (χ2n) is 4.50. The first kappa shape index (κ1) is 17.0. The fourth-order valence-corrected chi connectivity index (χ4v) is 1.96. The summed E-state index contributed by atoms with van der Waals surface area (Å²) in [6.07, 6.45) is 3.14. The summed E-state index contributed by atoms with van der Waals surface area (Å²) in [6, 6.07) is -1.12. The van der Waals surface area contributed by atoms with Gasteiger partial charge in [0.25, 0.3) is 0 Å². The lowest BCUT2D eigenvalue weighted by molar-refractivity contribution is -0.169. The van der Waals surface area contributed by atoms with E-state index < -0.39 is 41.7 Å². The first-order chi connectivity index (χ1) is 9.71. The number of carbonyl (C=O) groups is 3. The van der Waals surface area contributed by atoms with Crippen LogP contribution < -0.4 is 0 Å². The first-order valence-corrected chi connectivity index (χ1v) is 6.11. The topological polar surface area (TPSA) is 88.1 Å². The highest BCUT2D eigenvalue weighted by atomic mass is 16.7. The summed E-state index contributed by atoms with van der Waals surface area (Å²) in [5.41, 5.74) is -1.61. The Balaban J connectivity index is 3.09. The van der Waals surface area contributed by atoms with Gasteiger partial charge in [-0.1, -0.05) is 5.92 Å². The molecule has 0 spiro atoms. The van der Waals surface area contributed by atoms with Crippen LogP contribution in [0.3, 0.4) is 0 Å². The second kappa shape index (κ2) is 6.63. The molecule has 1 rings (SSSR count). The summed E-state index contributed by atoms with van der Waals surface area (Å²) in [5.74, 6) is 0.365. The quantitative estimate of drug-likeness (QED) is 0.293. The maximum Gasteiger partial charge on any atom is 0.303 e. The molecule has 0 aromatic rings.